The van der Waals surface area contributed by atoms with E-state index in [1.54, 1.807) is 11.6 Å². The lowest BCUT2D eigenvalue weighted by atomic mass is 10.0. The number of alkyl halides is 3. The quantitative estimate of drug-likeness (QED) is 0.544. The molecule has 0 atom stereocenters. The number of halogens is 4. The molecule has 1 saturated heterocycles. The minimum atomic E-state index is -4.41. The van der Waals surface area contributed by atoms with E-state index in [1.807, 2.05) is 36.1 Å². The van der Waals surface area contributed by atoms with Crippen LogP contribution in [0.5, 0.6) is 0 Å². The number of nitrogens with one attached hydrogen (secondary N) is 1. The van der Waals surface area contributed by atoms with Crippen molar-refractivity contribution in [1.29, 1.82) is 0 Å². The van der Waals surface area contributed by atoms with Crippen molar-refractivity contribution in [3.63, 3.8) is 0 Å². The number of piperidine rings is 1. The summed E-state index contributed by atoms with van der Waals surface area (Å²) < 4.78 is 39.9. The van der Waals surface area contributed by atoms with E-state index in [0.29, 0.717) is 54.7 Å². The number of pyridine rings is 1. The summed E-state index contributed by atoms with van der Waals surface area (Å²) in [6, 6.07) is 10.4. The van der Waals surface area contributed by atoms with E-state index >= 15 is 0 Å². The van der Waals surface area contributed by atoms with Crippen molar-refractivity contribution in [2.45, 2.75) is 45.5 Å². The molecule has 6 nitrogen and oxygen atoms in total. The van der Waals surface area contributed by atoms with E-state index in [1.165, 1.54) is 6.07 Å². The van der Waals surface area contributed by atoms with Crippen molar-refractivity contribution < 1.29 is 18.0 Å². The Kier molecular flexibility index (Phi) is 6.84. The van der Waals surface area contributed by atoms with E-state index in [2.05, 4.69) is 15.4 Å². The number of hydrogen-bond donors (Lipinski definition) is 1. The summed E-state index contributed by atoms with van der Waals surface area (Å²) in [5.74, 6) is 0.220. The zero-order chi connectivity index (χ0) is 24.5. The zero-order valence-corrected chi connectivity index (χ0v) is 19.6. The van der Waals surface area contributed by atoms with Crippen molar-refractivity contribution >= 4 is 23.3 Å². The summed E-state index contributed by atoms with van der Waals surface area (Å²) in [4.78, 5) is 18.8. The van der Waals surface area contributed by atoms with Gasteiger partial charge in [-0.25, -0.2) is 9.67 Å². The first-order chi connectivity index (χ1) is 16.1. The Bertz CT molecular complexity index is 1150. The highest BCUT2D eigenvalue weighted by atomic mass is 35.5. The summed E-state index contributed by atoms with van der Waals surface area (Å²) in [5.41, 5.74) is 2.34. The summed E-state index contributed by atoms with van der Waals surface area (Å²) in [6.07, 6.45) is -2.27. The molecule has 1 N–H and O–H groups in total. The highest BCUT2D eigenvalue weighted by Crippen LogP contribution is 2.30. The van der Waals surface area contributed by atoms with Gasteiger partial charge in [0.15, 0.2) is 0 Å². The molecule has 1 amide bonds. The predicted octanol–water partition coefficient (Wildman–Crippen LogP) is 5.01. The van der Waals surface area contributed by atoms with Crippen LogP contribution in [-0.2, 0) is 12.7 Å². The largest absolute Gasteiger partial charge is 0.417 e. The van der Waals surface area contributed by atoms with Crippen LogP contribution in [0.1, 0.15) is 45.6 Å². The first-order valence-electron chi connectivity index (χ1n) is 11.0. The number of anilines is 1. The summed E-state index contributed by atoms with van der Waals surface area (Å²) in [7, 11) is 0. The second-order valence-electron chi connectivity index (χ2n) is 8.53. The average molecular weight is 492 g/mol. The lowest BCUT2D eigenvalue weighted by Gasteiger charge is -2.33. The van der Waals surface area contributed by atoms with Gasteiger partial charge in [0.2, 0.25) is 0 Å². The SMILES string of the molecule is Cc1ccc(Cn2nc(C)c(C(=O)NC3CCN(c4ccc(C(F)(F)F)cn4)CC3)c2Cl)cc1. The number of benzene rings is 1. The van der Waals surface area contributed by atoms with Crippen LogP contribution in [-0.4, -0.2) is 39.8 Å². The number of rotatable bonds is 5. The van der Waals surface area contributed by atoms with E-state index in [9.17, 15) is 18.0 Å². The Morgan fingerprint density at radius 2 is 1.79 bits per heavy atom. The Labute approximate surface area is 200 Å². The monoisotopic (exact) mass is 491 g/mol. The first kappa shape index (κ1) is 24.1. The van der Waals surface area contributed by atoms with Gasteiger partial charge in [-0.1, -0.05) is 41.4 Å². The topological polar surface area (TPSA) is 63.1 Å². The normalized spacial score (nSPS) is 14.9. The van der Waals surface area contributed by atoms with Crippen LogP contribution in [0, 0.1) is 13.8 Å². The fourth-order valence-corrected chi connectivity index (χ4v) is 4.35. The van der Waals surface area contributed by atoms with Crippen molar-refractivity contribution in [1.82, 2.24) is 20.1 Å². The molecule has 1 aromatic carbocycles. The van der Waals surface area contributed by atoms with Crippen molar-refractivity contribution in [2.75, 3.05) is 18.0 Å². The lowest BCUT2D eigenvalue weighted by Crippen LogP contribution is -2.45. The average Bonchev–Trinajstić information content (AvgIpc) is 3.08. The molecule has 2 aromatic heterocycles. The maximum Gasteiger partial charge on any atom is 0.417 e. The number of aryl methyl sites for hydroxylation is 2. The number of hydrogen-bond acceptors (Lipinski definition) is 4. The van der Waals surface area contributed by atoms with Gasteiger partial charge < -0.3 is 10.2 Å². The zero-order valence-electron chi connectivity index (χ0n) is 18.9. The van der Waals surface area contributed by atoms with Crippen molar-refractivity contribution in [3.8, 4) is 0 Å². The smallest absolute Gasteiger partial charge is 0.356 e. The highest BCUT2D eigenvalue weighted by Gasteiger charge is 2.31. The van der Waals surface area contributed by atoms with Crippen LogP contribution in [0.15, 0.2) is 42.6 Å². The van der Waals surface area contributed by atoms with E-state index in [0.717, 1.165) is 23.4 Å². The summed E-state index contributed by atoms with van der Waals surface area (Å²) in [6.45, 7) is 5.38. The molecule has 180 valence electrons. The maximum absolute atomic E-state index is 13.0. The molecule has 0 unspecified atom stereocenters. The summed E-state index contributed by atoms with van der Waals surface area (Å²) >= 11 is 6.51. The standard InChI is InChI=1S/C24H25ClF3N5O/c1-15-3-5-17(6-4-15)14-33-22(25)21(16(2)31-33)23(34)30-19-9-11-32(12-10-19)20-8-7-18(13-29-20)24(26,27)28/h3-8,13,19H,9-12,14H2,1-2H3,(H,30,34). The van der Waals surface area contributed by atoms with Crippen molar-refractivity contribution in [3.05, 3.63) is 75.7 Å². The van der Waals surface area contributed by atoms with Crippen LogP contribution >= 0.6 is 11.6 Å². The van der Waals surface area contributed by atoms with E-state index in [-0.39, 0.29) is 11.9 Å². The first-order valence-corrected chi connectivity index (χ1v) is 11.4. The molecule has 1 fully saturated rings. The minimum absolute atomic E-state index is 0.0749. The molecule has 34 heavy (non-hydrogen) atoms. The highest BCUT2D eigenvalue weighted by molar-refractivity contribution is 6.33. The molecule has 1 aliphatic heterocycles. The number of amides is 1. The molecule has 3 heterocycles. The molecule has 3 aromatic rings. The Morgan fingerprint density at radius 1 is 1.12 bits per heavy atom. The molecule has 0 saturated carbocycles. The lowest BCUT2D eigenvalue weighted by molar-refractivity contribution is -0.137. The molecule has 10 heteroatoms. The minimum Gasteiger partial charge on any atom is -0.356 e. The van der Waals surface area contributed by atoms with E-state index < -0.39 is 11.7 Å². The predicted molar refractivity (Wildman–Crippen MR) is 124 cm³/mol. The molecular weight excluding hydrogens is 467 g/mol. The van der Waals surface area contributed by atoms with Gasteiger partial charge in [0, 0.05) is 25.3 Å². The summed E-state index contributed by atoms with van der Waals surface area (Å²) in [5, 5.41) is 7.77. The fraction of sp³-hybridized carbons (Fsp3) is 0.375. The Morgan fingerprint density at radius 3 is 2.38 bits per heavy atom. The number of carbonyl (C=O) groups is 1. The van der Waals surface area contributed by atoms with Crippen LogP contribution in [0.2, 0.25) is 5.15 Å². The molecular formula is C24H25ClF3N5O. The van der Waals surface area contributed by atoms with Crippen LogP contribution in [0.25, 0.3) is 0 Å². The number of carbonyl (C=O) groups excluding carboxylic acids is 1. The third-order valence-electron chi connectivity index (χ3n) is 5.97. The van der Waals surface area contributed by atoms with Crippen LogP contribution < -0.4 is 10.2 Å². The molecule has 0 radical (unpaired) electrons. The van der Waals surface area contributed by atoms with Crippen LogP contribution in [0.4, 0.5) is 19.0 Å². The second-order valence-corrected chi connectivity index (χ2v) is 8.89. The second kappa shape index (κ2) is 9.66. The van der Waals surface area contributed by atoms with Gasteiger partial charge in [0.1, 0.15) is 11.0 Å². The number of aromatic nitrogens is 3. The Balaban J connectivity index is 1.36. The van der Waals surface area contributed by atoms with Gasteiger partial charge in [-0.05, 0) is 44.4 Å². The van der Waals surface area contributed by atoms with Gasteiger partial charge >= 0.3 is 6.18 Å². The van der Waals surface area contributed by atoms with Gasteiger partial charge in [-0.3, -0.25) is 4.79 Å². The third-order valence-corrected chi connectivity index (χ3v) is 6.36. The number of nitrogens with zero attached hydrogens (tertiary/aromatic N) is 4. The van der Waals surface area contributed by atoms with Gasteiger partial charge in [-0.2, -0.15) is 18.3 Å². The molecule has 4 rings (SSSR count). The third kappa shape index (κ3) is 5.35. The van der Waals surface area contributed by atoms with Gasteiger partial charge in [0.25, 0.3) is 5.91 Å². The fourth-order valence-electron chi connectivity index (χ4n) is 4.03. The maximum atomic E-state index is 13.0. The Hall–Kier alpha value is -3.07. The van der Waals surface area contributed by atoms with Crippen LogP contribution in [0.3, 0.4) is 0 Å². The van der Waals surface area contributed by atoms with Gasteiger partial charge in [-0.15, -0.1) is 0 Å². The molecule has 0 spiro atoms. The molecule has 1 aliphatic rings. The van der Waals surface area contributed by atoms with Crippen molar-refractivity contribution in [2.24, 2.45) is 0 Å². The van der Waals surface area contributed by atoms with E-state index in [4.69, 9.17) is 11.6 Å². The van der Waals surface area contributed by atoms with Gasteiger partial charge in [0.05, 0.1) is 23.4 Å². The molecule has 0 bridgehead atoms. The molecule has 0 aliphatic carbocycles.